The summed E-state index contributed by atoms with van der Waals surface area (Å²) in [5.41, 5.74) is 4.06. The van der Waals surface area contributed by atoms with Crippen molar-refractivity contribution < 1.29 is 9.59 Å². The summed E-state index contributed by atoms with van der Waals surface area (Å²) in [7, 11) is 1.84. The van der Waals surface area contributed by atoms with Crippen molar-refractivity contribution in [2.75, 3.05) is 20.1 Å². The quantitative estimate of drug-likeness (QED) is 0.838. The molecule has 1 aromatic heterocycles. The first-order valence-corrected chi connectivity index (χ1v) is 8.29. The van der Waals surface area contributed by atoms with Gasteiger partial charge in [-0.25, -0.2) is 9.48 Å². The first kappa shape index (κ1) is 18.7. The fraction of sp³-hybridized carbons (Fsp3) is 0.389. The van der Waals surface area contributed by atoms with Crippen LogP contribution in [0.1, 0.15) is 23.9 Å². The summed E-state index contributed by atoms with van der Waals surface area (Å²) in [5.74, 6) is -0.334. The molecule has 0 radical (unpaired) electrons. The maximum absolute atomic E-state index is 11.9. The van der Waals surface area contributed by atoms with Gasteiger partial charge in [0.05, 0.1) is 17.9 Å². The van der Waals surface area contributed by atoms with E-state index >= 15 is 0 Å². The molecule has 0 unspecified atom stereocenters. The number of nitrogens with one attached hydrogen (secondary N) is 2. The van der Waals surface area contributed by atoms with E-state index in [0.29, 0.717) is 13.1 Å². The Morgan fingerprint density at radius 3 is 2.52 bits per heavy atom. The molecular weight excluding hydrogens is 318 g/mol. The molecule has 2 N–H and O–H groups in total. The van der Waals surface area contributed by atoms with Crippen molar-refractivity contribution in [2.24, 2.45) is 0 Å². The van der Waals surface area contributed by atoms with Crippen LogP contribution in [0.5, 0.6) is 0 Å². The molecule has 0 aliphatic heterocycles. The number of hydrogen-bond donors (Lipinski definition) is 2. The van der Waals surface area contributed by atoms with Crippen LogP contribution in [0.4, 0.5) is 4.79 Å². The highest BCUT2D eigenvalue weighted by Crippen LogP contribution is 2.19. The van der Waals surface area contributed by atoms with E-state index in [1.807, 2.05) is 60.8 Å². The number of aromatic nitrogens is 2. The molecule has 7 heteroatoms. The Balaban J connectivity index is 2.04. The SMILES string of the molecule is CCNC(=O)NC(=O)CN(C)Cc1c(C)nn(-c2ccccc2)c1C. The van der Waals surface area contributed by atoms with Gasteiger partial charge in [-0.2, -0.15) is 5.10 Å². The van der Waals surface area contributed by atoms with Gasteiger partial charge in [0, 0.05) is 24.3 Å². The third-order valence-corrected chi connectivity index (χ3v) is 3.87. The maximum atomic E-state index is 11.9. The van der Waals surface area contributed by atoms with Gasteiger partial charge in [0.1, 0.15) is 0 Å². The van der Waals surface area contributed by atoms with Gasteiger partial charge in [-0.3, -0.25) is 15.0 Å². The van der Waals surface area contributed by atoms with Crippen LogP contribution in [0, 0.1) is 13.8 Å². The highest BCUT2D eigenvalue weighted by Gasteiger charge is 2.16. The average molecular weight is 343 g/mol. The topological polar surface area (TPSA) is 79.3 Å². The number of amides is 3. The van der Waals surface area contributed by atoms with Gasteiger partial charge in [-0.15, -0.1) is 0 Å². The maximum Gasteiger partial charge on any atom is 0.321 e. The Bertz CT molecular complexity index is 739. The number of hydrogen-bond acceptors (Lipinski definition) is 4. The molecule has 0 aliphatic carbocycles. The number of aryl methyl sites for hydroxylation is 1. The van der Waals surface area contributed by atoms with Crippen molar-refractivity contribution in [3.05, 3.63) is 47.3 Å². The van der Waals surface area contributed by atoms with Gasteiger partial charge in [0.15, 0.2) is 0 Å². The Kier molecular flexibility index (Phi) is 6.30. The summed E-state index contributed by atoms with van der Waals surface area (Å²) in [5, 5.41) is 9.45. The zero-order chi connectivity index (χ0) is 18.4. The minimum atomic E-state index is -0.467. The lowest BCUT2D eigenvalue weighted by Crippen LogP contribution is -2.43. The first-order chi connectivity index (χ1) is 11.9. The van der Waals surface area contributed by atoms with Crippen molar-refractivity contribution in [1.29, 1.82) is 0 Å². The molecule has 1 aromatic carbocycles. The summed E-state index contributed by atoms with van der Waals surface area (Å²) in [6.45, 7) is 6.97. The molecular formula is C18H25N5O2. The molecule has 3 amide bonds. The standard InChI is InChI=1S/C18H25N5O2/c1-5-19-18(25)20-17(24)12-22(4)11-16-13(2)21-23(14(16)3)15-9-7-6-8-10-15/h6-10H,5,11-12H2,1-4H3,(H2,19,20,24,25). The van der Waals surface area contributed by atoms with Crippen LogP contribution in [-0.2, 0) is 11.3 Å². The molecule has 0 saturated heterocycles. The van der Waals surface area contributed by atoms with Crippen molar-refractivity contribution in [2.45, 2.75) is 27.3 Å². The summed E-state index contributed by atoms with van der Waals surface area (Å²) in [6.07, 6.45) is 0. The zero-order valence-corrected chi connectivity index (χ0v) is 15.2. The summed E-state index contributed by atoms with van der Waals surface area (Å²) in [6, 6.07) is 9.47. The van der Waals surface area contributed by atoms with E-state index in [1.165, 1.54) is 0 Å². The van der Waals surface area contributed by atoms with E-state index in [4.69, 9.17) is 0 Å². The molecule has 0 fully saturated rings. The van der Waals surface area contributed by atoms with Crippen LogP contribution in [0.15, 0.2) is 30.3 Å². The zero-order valence-electron chi connectivity index (χ0n) is 15.2. The number of para-hydroxylation sites is 1. The Hall–Kier alpha value is -2.67. The molecule has 134 valence electrons. The minimum Gasteiger partial charge on any atom is -0.338 e. The summed E-state index contributed by atoms with van der Waals surface area (Å²) in [4.78, 5) is 25.1. The highest BCUT2D eigenvalue weighted by atomic mass is 16.2. The summed E-state index contributed by atoms with van der Waals surface area (Å²) < 4.78 is 1.91. The third-order valence-electron chi connectivity index (χ3n) is 3.87. The lowest BCUT2D eigenvalue weighted by molar-refractivity contribution is -0.120. The molecule has 7 nitrogen and oxygen atoms in total. The predicted octanol–water partition coefficient (Wildman–Crippen LogP) is 1.77. The second kappa shape index (κ2) is 8.43. The third kappa shape index (κ3) is 4.90. The first-order valence-electron chi connectivity index (χ1n) is 8.29. The molecule has 0 saturated carbocycles. The Labute approximate surface area is 148 Å². The fourth-order valence-electron chi connectivity index (χ4n) is 2.67. The largest absolute Gasteiger partial charge is 0.338 e. The molecule has 1 heterocycles. The number of imide groups is 1. The molecule has 0 atom stereocenters. The molecule has 0 aliphatic rings. The van der Waals surface area contributed by atoms with E-state index in [-0.39, 0.29) is 12.5 Å². The van der Waals surface area contributed by atoms with E-state index in [9.17, 15) is 9.59 Å². The van der Waals surface area contributed by atoms with E-state index in [2.05, 4.69) is 15.7 Å². The lowest BCUT2D eigenvalue weighted by atomic mass is 10.2. The van der Waals surface area contributed by atoms with Gasteiger partial charge in [-0.1, -0.05) is 18.2 Å². The second-order valence-electron chi connectivity index (χ2n) is 5.98. The van der Waals surface area contributed by atoms with Crippen molar-refractivity contribution in [1.82, 2.24) is 25.3 Å². The number of nitrogens with zero attached hydrogens (tertiary/aromatic N) is 3. The number of benzene rings is 1. The normalized spacial score (nSPS) is 10.8. The second-order valence-corrected chi connectivity index (χ2v) is 5.98. The van der Waals surface area contributed by atoms with Gasteiger partial charge < -0.3 is 5.32 Å². The van der Waals surface area contributed by atoms with Gasteiger partial charge in [-0.05, 0) is 40.0 Å². The average Bonchev–Trinajstić information content (AvgIpc) is 2.83. The number of carbonyl (C=O) groups is 2. The highest BCUT2D eigenvalue weighted by molar-refractivity contribution is 5.95. The Morgan fingerprint density at radius 1 is 1.20 bits per heavy atom. The lowest BCUT2D eigenvalue weighted by Gasteiger charge is -2.16. The fourth-order valence-corrected chi connectivity index (χ4v) is 2.67. The number of carbonyl (C=O) groups excluding carboxylic acids is 2. The van der Waals surface area contributed by atoms with Gasteiger partial charge >= 0.3 is 6.03 Å². The van der Waals surface area contributed by atoms with E-state index in [0.717, 1.165) is 22.6 Å². The van der Waals surface area contributed by atoms with Crippen molar-refractivity contribution in [3.8, 4) is 5.69 Å². The van der Waals surface area contributed by atoms with E-state index < -0.39 is 6.03 Å². The van der Waals surface area contributed by atoms with Crippen LogP contribution >= 0.6 is 0 Å². The Morgan fingerprint density at radius 2 is 1.88 bits per heavy atom. The smallest absolute Gasteiger partial charge is 0.321 e. The number of rotatable bonds is 6. The molecule has 0 bridgehead atoms. The molecule has 0 spiro atoms. The number of urea groups is 1. The number of likely N-dealkylation sites (N-methyl/N-ethyl adjacent to an activating group) is 1. The van der Waals surface area contributed by atoms with Crippen LogP contribution < -0.4 is 10.6 Å². The molecule has 2 rings (SSSR count). The van der Waals surface area contributed by atoms with Crippen LogP contribution in [0.25, 0.3) is 5.69 Å². The van der Waals surface area contributed by atoms with Gasteiger partial charge in [0.2, 0.25) is 5.91 Å². The molecule has 25 heavy (non-hydrogen) atoms. The van der Waals surface area contributed by atoms with E-state index in [1.54, 1.807) is 6.92 Å². The monoisotopic (exact) mass is 343 g/mol. The van der Waals surface area contributed by atoms with Crippen LogP contribution in [0.3, 0.4) is 0 Å². The molecule has 2 aromatic rings. The van der Waals surface area contributed by atoms with Crippen molar-refractivity contribution >= 4 is 11.9 Å². The summed E-state index contributed by atoms with van der Waals surface area (Å²) >= 11 is 0. The van der Waals surface area contributed by atoms with Crippen LogP contribution in [-0.4, -0.2) is 46.8 Å². The minimum absolute atomic E-state index is 0.131. The van der Waals surface area contributed by atoms with Crippen molar-refractivity contribution in [3.63, 3.8) is 0 Å². The van der Waals surface area contributed by atoms with Crippen LogP contribution in [0.2, 0.25) is 0 Å². The predicted molar refractivity (Wildman–Crippen MR) is 96.6 cm³/mol. The van der Waals surface area contributed by atoms with Gasteiger partial charge in [0.25, 0.3) is 0 Å².